The SMILES string of the molecule is CC(C)c1ccc(/C=C\C(=O)NCCCNC(=O)/C=C/c2ccc(C(C)C)cc2)cc1. The van der Waals surface area contributed by atoms with Crippen LogP contribution in [0.25, 0.3) is 12.2 Å². The summed E-state index contributed by atoms with van der Waals surface area (Å²) in [6, 6.07) is 16.4. The molecule has 4 heteroatoms. The van der Waals surface area contributed by atoms with E-state index in [1.54, 1.807) is 12.2 Å². The van der Waals surface area contributed by atoms with Gasteiger partial charge >= 0.3 is 0 Å². The Bertz CT molecular complexity index is 816. The van der Waals surface area contributed by atoms with Crippen molar-refractivity contribution < 1.29 is 9.59 Å². The number of amides is 2. The normalized spacial score (nSPS) is 11.5. The molecule has 0 atom stereocenters. The maximum Gasteiger partial charge on any atom is 0.244 e. The molecule has 2 aromatic carbocycles. The van der Waals surface area contributed by atoms with Gasteiger partial charge in [0.25, 0.3) is 0 Å². The van der Waals surface area contributed by atoms with E-state index in [1.165, 1.54) is 23.3 Å². The quantitative estimate of drug-likeness (QED) is 0.407. The first kappa shape index (κ1) is 24.1. The summed E-state index contributed by atoms with van der Waals surface area (Å²) in [6.45, 7) is 9.64. The van der Waals surface area contributed by atoms with Crippen molar-refractivity contribution in [3.8, 4) is 0 Å². The maximum absolute atomic E-state index is 11.9. The molecule has 0 fully saturated rings. The highest BCUT2D eigenvalue weighted by Gasteiger charge is 2.00. The molecular formula is C27H34N2O2. The number of hydrogen-bond donors (Lipinski definition) is 2. The molecular weight excluding hydrogens is 384 g/mol. The van der Waals surface area contributed by atoms with E-state index in [4.69, 9.17) is 0 Å². The number of carbonyl (C=O) groups excluding carboxylic acids is 2. The molecule has 0 bridgehead atoms. The van der Waals surface area contributed by atoms with Crippen molar-refractivity contribution in [3.05, 3.63) is 82.9 Å². The lowest BCUT2D eigenvalue weighted by Gasteiger charge is -2.05. The van der Waals surface area contributed by atoms with E-state index in [2.05, 4.69) is 62.6 Å². The molecule has 2 N–H and O–H groups in total. The lowest BCUT2D eigenvalue weighted by atomic mass is 10.0. The molecule has 4 nitrogen and oxygen atoms in total. The molecule has 164 valence electrons. The fourth-order valence-electron chi connectivity index (χ4n) is 2.96. The fraction of sp³-hybridized carbons (Fsp3) is 0.333. The fourth-order valence-corrected chi connectivity index (χ4v) is 2.96. The van der Waals surface area contributed by atoms with Gasteiger partial charge in [0.15, 0.2) is 0 Å². The molecule has 0 heterocycles. The predicted octanol–water partition coefficient (Wildman–Crippen LogP) is 5.28. The number of carbonyl (C=O) groups is 2. The van der Waals surface area contributed by atoms with E-state index >= 15 is 0 Å². The van der Waals surface area contributed by atoms with E-state index in [0.717, 1.165) is 11.1 Å². The van der Waals surface area contributed by atoms with Gasteiger partial charge < -0.3 is 10.6 Å². The van der Waals surface area contributed by atoms with Gasteiger partial charge in [-0.1, -0.05) is 76.2 Å². The summed E-state index contributed by atoms with van der Waals surface area (Å²) in [7, 11) is 0. The highest BCUT2D eigenvalue weighted by Crippen LogP contribution is 2.16. The van der Waals surface area contributed by atoms with Crippen LogP contribution >= 0.6 is 0 Å². The van der Waals surface area contributed by atoms with Crippen molar-refractivity contribution in [2.45, 2.75) is 46.0 Å². The molecule has 2 amide bonds. The van der Waals surface area contributed by atoms with Crippen LogP contribution in [0.1, 0.15) is 68.2 Å². The first-order valence-corrected chi connectivity index (χ1v) is 11.0. The van der Waals surface area contributed by atoms with E-state index in [1.807, 2.05) is 24.3 Å². The van der Waals surface area contributed by atoms with E-state index < -0.39 is 0 Å². The summed E-state index contributed by atoms with van der Waals surface area (Å²) in [5.41, 5.74) is 4.56. The molecule has 0 spiro atoms. The smallest absolute Gasteiger partial charge is 0.244 e. The molecule has 0 aliphatic carbocycles. The molecule has 2 aromatic rings. The van der Waals surface area contributed by atoms with Crippen molar-refractivity contribution in [1.29, 1.82) is 0 Å². The molecule has 0 saturated heterocycles. The van der Waals surface area contributed by atoms with Crippen molar-refractivity contribution >= 4 is 24.0 Å². The minimum absolute atomic E-state index is 0.135. The van der Waals surface area contributed by atoms with Crippen LogP contribution in [0, 0.1) is 0 Å². The van der Waals surface area contributed by atoms with Gasteiger partial charge in [-0.05, 0) is 52.7 Å². The van der Waals surface area contributed by atoms with Gasteiger partial charge in [0, 0.05) is 25.2 Å². The van der Waals surface area contributed by atoms with Gasteiger partial charge in [0.1, 0.15) is 0 Å². The first-order chi connectivity index (χ1) is 14.8. The Morgan fingerprint density at radius 1 is 0.677 bits per heavy atom. The minimum atomic E-state index is -0.135. The number of hydrogen-bond acceptors (Lipinski definition) is 2. The summed E-state index contributed by atoms with van der Waals surface area (Å²) in [4.78, 5) is 23.8. The Hall–Kier alpha value is -3.14. The first-order valence-electron chi connectivity index (χ1n) is 11.0. The zero-order valence-corrected chi connectivity index (χ0v) is 19.0. The summed E-state index contributed by atoms with van der Waals surface area (Å²) in [5.74, 6) is 0.718. The van der Waals surface area contributed by atoms with Crippen molar-refractivity contribution in [3.63, 3.8) is 0 Å². The second-order valence-electron chi connectivity index (χ2n) is 8.25. The lowest BCUT2D eigenvalue weighted by Crippen LogP contribution is -2.28. The molecule has 0 unspecified atom stereocenters. The zero-order valence-electron chi connectivity index (χ0n) is 19.0. The second-order valence-corrected chi connectivity index (χ2v) is 8.25. The predicted molar refractivity (Wildman–Crippen MR) is 130 cm³/mol. The number of rotatable bonds is 10. The standard InChI is InChI=1S/C27H34N2O2/c1-20(2)24-12-6-22(7-13-24)10-16-26(30)28-18-5-19-29-27(31)17-11-23-8-14-25(15-9-23)21(3)4/h6-17,20-21H,5,18-19H2,1-4H3,(H,28,30)(H,29,31)/b16-10-,17-11+. The van der Waals surface area contributed by atoms with Crippen LogP contribution in [0.4, 0.5) is 0 Å². The van der Waals surface area contributed by atoms with Crippen LogP contribution in [-0.4, -0.2) is 24.9 Å². The highest BCUT2D eigenvalue weighted by molar-refractivity contribution is 5.92. The molecule has 0 aromatic heterocycles. The Balaban J connectivity index is 1.63. The number of benzene rings is 2. The average molecular weight is 419 g/mol. The monoisotopic (exact) mass is 418 g/mol. The van der Waals surface area contributed by atoms with Crippen molar-refractivity contribution in [2.24, 2.45) is 0 Å². The topological polar surface area (TPSA) is 58.2 Å². The Morgan fingerprint density at radius 2 is 1.03 bits per heavy atom. The van der Waals surface area contributed by atoms with E-state index in [-0.39, 0.29) is 11.8 Å². The lowest BCUT2D eigenvalue weighted by molar-refractivity contribution is -0.116. The Labute approximate surface area is 186 Å². The summed E-state index contributed by atoms with van der Waals surface area (Å²) in [5, 5.41) is 5.67. The minimum Gasteiger partial charge on any atom is -0.352 e. The van der Waals surface area contributed by atoms with Gasteiger partial charge in [0.2, 0.25) is 11.8 Å². The van der Waals surface area contributed by atoms with Gasteiger partial charge in [0.05, 0.1) is 0 Å². The number of nitrogens with one attached hydrogen (secondary N) is 2. The van der Waals surface area contributed by atoms with Crippen LogP contribution in [0.15, 0.2) is 60.7 Å². The highest BCUT2D eigenvalue weighted by atomic mass is 16.2. The summed E-state index contributed by atoms with van der Waals surface area (Å²) < 4.78 is 0. The molecule has 2 rings (SSSR count). The third kappa shape index (κ3) is 9.04. The molecule has 31 heavy (non-hydrogen) atoms. The van der Waals surface area contributed by atoms with Crippen molar-refractivity contribution in [2.75, 3.05) is 13.1 Å². The van der Waals surface area contributed by atoms with Crippen LogP contribution in [0.3, 0.4) is 0 Å². The van der Waals surface area contributed by atoms with Gasteiger partial charge in [-0.3, -0.25) is 9.59 Å². The van der Waals surface area contributed by atoms with E-state index in [0.29, 0.717) is 31.3 Å². The summed E-state index contributed by atoms with van der Waals surface area (Å²) >= 11 is 0. The average Bonchev–Trinajstić information content (AvgIpc) is 2.76. The molecule has 0 aliphatic rings. The second kappa shape index (κ2) is 12.5. The van der Waals surface area contributed by atoms with Gasteiger partial charge in [-0.15, -0.1) is 0 Å². The third-order valence-corrected chi connectivity index (χ3v) is 5.01. The maximum atomic E-state index is 11.9. The van der Waals surface area contributed by atoms with E-state index in [9.17, 15) is 9.59 Å². The largest absolute Gasteiger partial charge is 0.352 e. The van der Waals surface area contributed by atoms with Gasteiger partial charge in [-0.25, -0.2) is 0 Å². The van der Waals surface area contributed by atoms with Crippen molar-refractivity contribution in [1.82, 2.24) is 10.6 Å². The summed E-state index contributed by atoms with van der Waals surface area (Å²) in [6.07, 6.45) is 7.36. The molecule has 0 saturated carbocycles. The van der Waals surface area contributed by atoms with Crippen LogP contribution in [-0.2, 0) is 9.59 Å². The Kier molecular flexibility index (Phi) is 9.76. The van der Waals surface area contributed by atoms with Gasteiger partial charge in [-0.2, -0.15) is 0 Å². The molecule has 0 radical (unpaired) electrons. The van der Waals surface area contributed by atoms with Crippen LogP contribution in [0.5, 0.6) is 0 Å². The molecule has 0 aliphatic heterocycles. The zero-order chi connectivity index (χ0) is 22.6. The third-order valence-electron chi connectivity index (χ3n) is 5.01. The van der Waals surface area contributed by atoms with Crippen LogP contribution < -0.4 is 10.6 Å². The Morgan fingerprint density at radius 3 is 1.35 bits per heavy atom. The van der Waals surface area contributed by atoms with Crippen LogP contribution in [0.2, 0.25) is 0 Å².